The average Bonchev–Trinajstić information content (AvgIpc) is 2.45. The van der Waals surface area contributed by atoms with Crippen LogP contribution in [0.15, 0.2) is 0 Å². The number of nitrogens with zero attached hydrogens (tertiary/aromatic N) is 1. The maximum absolute atomic E-state index is 12.0. The number of likely N-dealkylation sites (N-methyl/N-ethyl adjacent to an activating group) is 1. The summed E-state index contributed by atoms with van der Waals surface area (Å²) >= 11 is 0. The van der Waals surface area contributed by atoms with Gasteiger partial charge in [-0.25, -0.2) is 12.7 Å². The van der Waals surface area contributed by atoms with Gasteiger partial charge < -0.3 is 14.8 Å². The van der Waals surface area contributed by atoms with Gasteiger partial charge in [0.25, 0.3) is 0 Å². The lowest BCUT2D eigenvalue weighted by Crippen LogP contribution is -2.34. The van der Waals surface area contributed by atoms with Gasteiger partial charge in [-0.1, -0.05) is 27.7 Å². The highest BCUT2D eigenvalue weighted by Gasteiger charge is 2.17. The molecule has 7 nitrogen and oxygen atoms in total. The van der Waals surface area contributed by atoms with Gasteiger partial charge in [-0.05, 0) is 0 Å². The van der Waals surface area contributed by atoms with E-state index in [1.165, 1.54) is 11.4 Å². The third kappa shape index (κ3) is 11.6. The van der Waals surface area contributed by atoms with Crippen molar-refractivity contribution in [2.45, 2.75) is 40.2 Å². The number of carbonyl (C=O) groups is 1. The van der Waals surface area contributed by atoms with Crippen LogP contribution in [0.4, 0.5) is 0 Å². The Morgan fingerprint density at radius 3 is 2.30 bits per heavy atom. The normalized spacial score (nSPS) is 12.5. The standard InChI is InChI=1S/C15H32N2O5S/c1-13(2)15(18)6-9-21-11-8-17(5)23(19,20)12-22-10-7-16-14(3)4/h13-14,16H,6-12H2,1-5H3. The van der Waals surface area contributed by atoms with Gasteiger partial charge in [0.2, 0.25) is 10.0 Å². The lowest BCUT2D eigenvalue weighted by Gasteiger charge is -2.17. The van der Waals surface area contributed by atoms with Gasteiger partial charge in [0.05, 0.1) is 19.8 Å². The van der Waals surface area contributed by atoms with Crippen LogP contribution in [0.2, 0.25) is 0 Å². The fourth-order valence-electron chi connectivity index (χ4n) is 1.57. The predicted molar refractivity (Wildman–Crippen MR) is 90.8 cm³/mol. The minimum Gasteiger partial charge on any atom is -0.380 e. The Labute approximate surface area is 140 Å². The van der Waals surface area contributed by atoms with Crippen LogP contribution in [0, 0.1) is 5.92 Å². The summed E-state index contributed by atoms with van der Waals surface area (Å²) in [6.45, 7) is 9.50. The fourth-order valence-corrected chi connectivity index (χ4v) is 2.43. The van der Waals surface area contributed by atoms with Crippen molar-refractivity contribution in [2.75, 3.05) is 45.9 Å². The number of ketones is 1. The van der Waals surface area contributed by atoms with Crippen molar-refractivity contribution < 1.29 is 22.7 Å². The van der Waals surface area contributed by atoms with E-state index < -0.39 is 10.0 Å². The van der Waals surface area contributed by atoms with E-state index in [1.54, 1.807) is 0 Å². The Morgan fingerprint density at radius 1 is 1.09 bits per heavy atom. The lowest BCUT2D eigenvalue weighted by atomic mass is 10.1. The number of sulfonamides is 1. The largest absolute Gasteiger partial charge is 0.380 e. The van der Waals surface area contributed by atoms with Crippen molar-refractivity contribution >= 4 is 15.8 Å². The van der Waals surface area contributed by atoms with Gasteiger partial charge in [-0.15, -0.1) is 0 Å². The molecule has 0 radical (unpaired) electrons. The van der Waals surface area contributed by atoms with Crippen LogP contribution in [0.25, 0.3) is 0 Å². The SMILES string of the molecule is CC(C)NCCOCS(=O)(=O)N(C)CCOCCC(=O)C(C)C. The van der Waals surface area contributed by atoms with Crippen LogP contribution >= 0.6 is 0 Å². The molecule has 0 aliphatic carbocycles. The Morgan fingerprint density at radius 2 is 1.74 bits per heavy atom. The molecule has 0 heterocycles. The van der Waals surface area contributed by atoms with E-state index in [9.17, 15) is 13.2 Å². The quantitative estimate of drug-likeness (QED) is 0.467. The third-order valence-electron chi connectivity index (χ3n) is 3.19. The summed E-state index contributed by atoms with van der Waals surface area (Å²) in [5, 5.41) is 3.15. The van der Waals surface area contributed by atoms with Gasteiger partial charge in [-0.2, -0.15) is 0 Å². The zero-order valence-corrected chi connectivity index (χ0v) is 15.8. The van der Waals surface area contributed by atoms with E-state index in [-0.39, 0.29) is 30.8 Å². The van der Waals surface area contributed by atoms with Gasteiger partial charge in [0.15, 0.2) is 5.94 Å². The molecule has 138 valence electrons. The summed E-state index contributed by atoms with van der Waals surface area (Å²) in [5.74, 6) is -0.187. The smallest absolute Gasteiger partial charge is 0.238 e. The first kappa shape index (κ1) is 22.5. The molecule has 0 aromatic carbocycles. The number of hydrogen-bond acceptors (Lipinski definition) is 6. The van der Waals surface area contributed by atoms with Crippen molar-refractivity contribution in [1.29, 1.82) is 0 Å². The summed E-state index contributed by atoms with van der Waals surface area (Å²) < 4.78 is 35.6. The molecule has 0 aliphatic heterocycles. The highest BCUT2D eigenvalue weighted by Crippen LogP contribution is 2.01. The van der Waals surface area contributed by atoms with E-state index in [0.29, 0.717) is 32.2 Å². The van der Waals surface area contributed by atoms with Gasteiger partial charge in [0, 0.05) is 38.5 Å². The molecule has 0 spiro atoms. The molecule has 0 bridgehead atoms. The minimum absolute atomic E-state index is 0.00369. The number of rotatable bonds is 14. The predicted octanol–water partition coefficient (Wildman–Crippen LogP) is 0.852. The van der Waals surface area contributed by atoms with E-state index in [4.69, 9.17) is 9.47 Å². The molecule has 0 rings (SSSR count). The molecule has 23 heavy (non-hydrogen) atoms. The summed E-state index contributed by atoms with van der Waals surface area (Å²) in [6, 6.07) is 0.345. The van der Waals surface area contributed by atoms with Crippen LogP contribution in [0.3, 0.4) is 0 Å². The molecule has 0 unspecified atom stereocenters. The second-order valence-corrected chi connectivity index (χ2v) is 8.07. The van der Waals surface area contributed by atoms with Crippen LogP contribution in [0.5, 0.6) is 0 Å². The van der Waals surface area contributed by atoms with Crippen molar-refractivity contribution in [3.05, 3.63) is 0 Å². The zero-order valence-electron chi connectivity index (χ0n) is 15.0. The molecule has 0 saturated heterocycles. The number of ether oxygens (including phenoxy) is 2. The van der Waals surface area contributed by atoms with Crippen LogP contribution in [-0.2, 0) is 24.3 Å². The Balaban J connectivity index is 3.82. The maximum Gasteiger partial charge on any atom is 0.238 e. The minimum atomic E-state index is -3.44. The Hall–Kier alpha value is -0.540. The highest BCUT2D eigenvalue weighted by atomic mass is 32.2. The molecule has 0 aromatic rings. The van der Waals surface area contributed by atoms with Crippen molar-refractivity contribution in [3.8, 4) is 0 Å². The lowest BCUT2D eigenvalue weighted by molar-refractivity contribution is -0.122. The zero-order chi connectivity index (χ0) is 17.9. The number of nitrogens with one attached hydrogen (secondary N) is 1. The molecule has 0 aromatic heterocycles. The average molecular weight is 352 g/mol. The first-order valence-corrected chi connectivity index (χ1v) is 9.63. The second kappa shape index (κ2) is 11.9. The molecule has 0 amide bonds. The monoisotopic (exact) mass is 352 g/mol. The molecule has 0 saturated carbocycles. The van der Waals surface area contributed by atoms with Crippen molar-refractivity contribution in [1.82, 2.24) is 9.62 Å². The summed E-state index contributed by atoms with van der Waals surface area (Å²) in [4.78, 5) is 11.4. The first-order chi connectivity index (χ1) is 10.7. The van der Waals surface area contributed by atoms with Crippen LogP contribution in [0.1, 0.15) is 34.1 Å². The molecule has 0 fully saturated rings. The Bertz CT molecular complexity index is 424. The summed E-state index contributed by atoms with van der Waals surface area (Å²) in [7, 11) is -1.95. The topological polar surface area (TPSA) is 84.9 Å². The van der Waals surface area contributed by atoms with Crippen molar-refractivity contribution in [3.63, 3.8) is 0 Å². The molecule has 0 atom stereocenters. The fraction of sp³-hybridized carbons (Fsp3) is 0.933. The molecular formula is C15H32N2O5S. The summed E-state index contributed by atoms with van der Waals surface area (Å²) in [6.07, 6.45) is 0.361. The van der Waals surface area contributed by atoms with Crippen LogP contribution < -0.4 is 5.32 Å². The van der Waals surface area contributed by atoms with E-state index in [1.807, 2.05) is 27.7 Å². The van der Waals surface area contributed by atoms with Gasteiger partial charge >= 0.3 is 0 Å². The third-order valence-corrected chi connectivity index (χ3v) is 4.79. The molecular weight excluding hydrogens is 320 g/mol. The van der Waals surface area contributed by atoms with E-state index >= 15 is 0 Å². The van der Waals surface area contributed by atoms with Crippen molar-refractivity contribution in [2.24, 2.45) is 5.92 Å². The van der Waals surface area contributed by atoms with Crippen LogP contribution in [-0.4, -0.2) is 70.4 Å². The first-order valence-electron chi connectivity index (χ1n) is 8.02. The van der Waals surface area contributed by atoms with E-state index in [0.717, 1.165) is 0 Å². The Kier molecular flexibility index (Phi) is 11.6. The highest BCUT2D eigenvalue weighted by molar-refractivity contribution is 7.88. The number of Topliss-reactive ketones (excluding diaryl/α,β-unsaturated/α-hetero) is 1. The molecule has 8 heteroatoms. The summed E-state index contributed by atoms with van der Waals surface area (Å²) in [5.41, 5.74) is 0. The number of carbonyl (C=O) groups excluding carboxylic acids is 1. The van der Waals surface area contributed by atoms with Gasteiger partial charge in [-0.3, -0.25) is 4.79 Å². The second-order valence-electron chi connectivity index (χ2n) is 6.05. The molecule has 0 aliphatic rings. The van der Waals surface area contributed by atoms with E-state index in [2.05, 4.69) is 5.32 Å². The maximum atomic E-state index is 12.0. The number of hydrogen-bond donors (Lipinski definition) is 1. The molecule has 1 N–H and O–H groups in total. The van der Waals surface area contributed by atoms with Gasteiger partial charge in [0.1, 0.15) is 5.78 Å².